The Balaban J connectivity index is 1.25. The van der Waals surface area contributed by atoms with Gasteiger partial charge in [0.05, 0.1) is 0 Å². The van der Waals surface area contributed by atoms with E-state index in [1.54, 1.807) is 0 Å². The molecule has 0 bridgehead atoms. The Hall–Kier alpha value is -2.33. The lowest BCUT2D eigenvalue weighted by molar-refractivity contribution is 0.134. The molecule has 148 valence electrons. The minimum absolute atomic E-state index is 0.488. The summed E-state index contributed by atoms with van der Waals surface area (Å²) in [7, 11) is 1.88. The molecule has 0 aromatic heterocycles. The maximum atomic E-state index is 4.48. The van der Waals surface area contributed by atoms with E-state index in [4.69, 9.17) is 0 Å². The summed E-state index contributed by atoms with van der Waals surface area (Å²) in [5, 5.41) is 7.30. The Kier molecular flexibility index (Phi) is 5.96. The second-order valence-electron chi connectivity index (χ2n) is 8.25. The fraction of sp³-hybridized carbons (Fsp3) is 0.458. The van der Waals surface area contributed by atoms with Crippen molar-refractivity contribution in [2.24, 2.45) is 4.99 Å². The molecular formula is C24H32N4. The largest absolute Gasteiger partial charge is 0.354 e. The summed E-state index contributed by atoms with van der Waals surface area (Å²) in [6.45, 7) is 4.52. The number of aliphatic imine (C=N–C) groups is 1. The van der Waals surface area contributed by atoms with Crippen LogP contribution in [0.5, 0.6) is 0 Å². The van der Waals surface area contributed by atoms with Crippen molar-refractivity contribution < 1.29 is 0 Å². The number of nitrogens with zero attached hydrogens (tertiary/aromatic N) is 2. The molecule has 1 saturated carbocycles. The molecule has 4 heteroatoms. The number of likely N-dealkylation sites (tertiary alicyclic amines) is 1. The van der Waals surface area contributed by atoms with Crippen molar-refractivity contribution in [1.29, 1.82) is 0 Å². The Morgan fingerprint density at radius 2 is 1.71 bits per heavy atom. The molecule has 2 aliphatic rings. The van der Waals surface area contributed by atoms with Crippen molar-refractivity contribution >= 4 is 5.96 Å². The van der Waals surface area contributed by atoms with Gasteiger partial charge in [-0.2, -0.15) is 0 Å². The first-order valence-corrected chi connectivity index (χ1v) is 10.6. The Bertz CT molecular complexity index is 774. The Labute approximate surface area is 169 Å². The summed E-state index contributed by atoms with van der Waals surface area (Å²) in [5.74, 6) is 1.57. The van der Waals surface area contributed by atoms with E-state index in [-0.39, 0.29) is 0 Å². The fourth-order valence-electron chi connectivity index (χ4n) is 4.37. The van der Waals surface area contributed by atoms with Crippen LogP contribution in [-0.2, 0) is 6.54 Å². The molecule has 2 aromatic carbocycles. The lowest BCUT2D eigenvalue weighted by Gasteiger charge is -2.38. The van der Waals surface area contributed by atoms with Crippen molar-refractivity contribution in [1.82, 2.24) is 15.5 Å². The SMILES string of the molecule is CN=C(NC1CCN(Cc2ccccc2)C(C)C1)NC1CC1c1ccccc1. The van der Waals surface area contributed by atoms with Gasteiger partial charge in [0.15, 0.2) is 5.96 Å². The summed E-state index contributed by atoms with van der Waals surface area (Å²) in [5.41, 5.74) is 2.83. The molecule has 1 saturated heterocycles. The third kappa shape index (κ3) is 4.74. The topological polar surface area (TPSA) is 39.7 Å². The second-order valence-corrected chi connectivity index (χ2v) is 8.25. The third-order valence-electron chi connectivity index (χ3n) is 6.15. The molecule has 0 amide bonds. The van der Waals surface area contributed by atoms with Gasteiger partial charge in [-0.15, -0.1) is 0 Å². The average molecular weight is 377 g/mol. The van der Waals surface area contributed by atoms with Crippen LogP contribution in [0.15, 0.2) is 65.7 Å². The number of guanidine groups is 1. The van der Waals surface area contributed by atoms with E-state index in [0.29, 0.717) is 24.0 Å². The van der Waals surface area contributed by atoms with Gasteiger partial charge in [-0.1, -0.05) is 60.7 Å². The number of hydrogen-bond acceptors (Lipinski definition) is 2. The molecule has 0 radical (unpaired) electrons. The van der Waals surface area contributed by atoms with Crippen LogP contribution in [0.3, 0.4) is 0 Å². The van der Waals surface area contributed by atoms with Gasteiger partial charge < -0.3 is 10.6 Å². The Morgan fingerprint density at radius 3 is 2.39 bits per heavy atom. The highest BCUT2D eigenvalue weighted by Gasteiger charge is 2.39. The number of piperidine rings is 1. The van der Waals surface area contributed by atoms with E-state index in [2.05, 4.69) is 88.1 Å². The second kappa shape index (κ2) is 8.78. The summed E-state index contributed by atoms with van der Waals surface area (Å²) in [6, 6.07) is 23.2. The molecule has 1 aliphatic heterocycles. The van der Waals surface area contributed by atoms with Crippen LogP contribution in [0, 0.1) is 0 Å². The van der Waals surface area contributed by atoms with Crippen molar-refractivity contribution in [2.45, 2.75) is 56.8 Å². The predicted molar refractivity (Wildman–Crippen MR) is 117 cm³/mol. The van der Waals surface area contributed by atoms with E-state index in [1.807, 2.05) is 7.05 Å². The Morgan fingerprint density at radius 1 is 1.00 bits per heavy atom. The minimum atomic E-state index is 0.488. The zero-order chi connectivity index (χ0) is 19.3. The van der Waals surface area contributed by atoms with Crippen LogP contribution in [-0.4, -0.2) is 42.6 Å². The van der Waals surface area contributed by atoms with E-state index in [1.165, 1.54) is 17.5 Å². The molecule has 28 heavy (non-hydrogen) atoms. The summed E-state index contributed by atoms with van der Waals surface area (Å²) in [6.07, 6.45) is 3.50. The van der Waals surface area contributed by atoms with Crippen LogP contribution in [0.4, 0.5) is 0 Å². The molecule has 4 rings (SSSR count). The van der Waals surface area contributed by atoms with Crippen LogP contribution >= 0.6 is 0 Å². The molecule has 1 heterocycles. The molecular weight excluding hydrogens is 344 g/mol. The molecule has 4 unspecified atom stereocenters. The first-order chi connectivity index (χ1) is 13.7. The van der Waals surface area contributed by atoms with E-state index < -0.39 is 0 Å². The number of rotatable bonds is 5. The standard InChI is InChI=1S/C24H32N4/c1-18-15-21(13-14-28(18)17-19-9-5-3-6-10-19)26-24(25-2)27-23-16-22(23)20-11-7-4-8-12-20/h3-12,18,21-23H,13-17H2,1-2H3,(H2,25,26,27). The highest BCUT2D eigenvalue weighted by molar-refractivity contribution is 5.80. The molecule has 0 spiro atoms. The fourth-order valence-corrected chi connectivity index (χ4v) is 4.37. The van der Waals surface area contributed by atoms with Gasteiger partial charge >= 0.3 is 0 Å². The van der Waals surface area contributed by atoms with Crippen molar-refractivity contribution in [3.05, 3.63) is 71.8 Å². The highest BCUT2D eigenvalue weighted by Crippen LogP contribution is 2.40. The lowest BCUT2D eigenvalue weighted by Crippen LogP contribution is -2.51. The number of benzene rings is 2. The van der Waals surface area contributed by atoms with Gasteiger partial charge in [0, 0.05) is 44.2 Å². The molecule has 1 aliphatic carbocycles. The zero-order valence-electron chi connectivity index (χ0n) is 17.0. The van der Waals surface area contributed by atoms with Crippen molar-refractivity contribution in [2.75, 3.05) is 13.6 Å². The molecule has 4 nitrogen and oxygen atoms in total. The zero-order valence-corrected chi connectivity index (χ0v) is 17.0. The van der Waals surface area contributed by atoms with Crippen LogP contribution < -0.4 is 10.6 Å². The van der Waals surface area contributed by atoms with Crippen molar-refractivity contribution in [3.8, 4) is 0 Å². The van der Waals surface area contributed by atoms with Crippen LogP contribution in [0.1, 0.15) is 43.2 Å². The first-order valence-electron chi connectivity index (χ1n) is 10.6. The number of hydrogen-bond donors (Lipinski definition) is 2. The monoisotopic (exact) mass is 376 g/mol. The van der Waals surface area contributed by atoms with Gasteiger partial charge in [0.25, 0.3) is 0 Å². The smallest absolute Gasteiger partial charge is 0.191 e. The van der Waals surface area contributed by atoms with Crippen molar-refractivity contribution in [3.63, 3.8) is 0 Å². The number of nitrogens with one attached hydrogen (secondary N) is 2. The third-order valence-corrected chi connectivity index (χ3v) is 6.15. The first kappa shape index (κ1) is 19.0. The van der Waals surface area contributed by atoms with Crippen LogP contribution in [0.2, 0.25) is 0 Å². The maximum absolute atomic E-state index is 4.48. The van der Waals surface area contributed by atoms with Gasteiger partial charge in [-0.3, -0.25) is 9.89 Å². The summed E-state index contributed by atoms with van der Waals surface area (Å²) >= 11 is 0. The molecule has 2 N–H and O–H groups in total. The summed E-state index contributed by atoms with van der Waals surface area (Å²) in [4.78, 5) is 7.08. The van der Waals surface area contributed by atoms with Gasteiger partial charge in [0.2, 0.25) is 0 Å². The van der Waals surface area contributed by atoms with Crippen LogP contribution in [0.25, 0.3) is 0 Å². The van der Waals surface area contributed by atoms with Gasteiger partial charge in [-0.25, -0.2) is 0 Å². The average Bonchev–Trinajstić information content (AvgIpc) is 3.50. The minimum Gasteiger partial charge on any atom is -0.354 e. The molecule has 2 aromatic rings. The maximum Gasteiger partial charge on any atom is 0.191 e. The normalized spacial score (nSPS) is 28.0. The predicted octanol–water partition coefficient (Wildman–Crippen LogP) is 3.76. The summed E-state index contributed by atoms with van der Waals surface area (Å²) < 4.78 is 0. The lowest BCUT2D eigenvalue weighted by atomic mass is 9.97. The van der Waals surface area contributed by atoms with E-state index in [0.717, 1.165) is 31.9 Å². The van der Waals surface area contributed by atoms with Gasteiger partial charge in [0.1, 0.15) is 0 Å². The van der Waals surface area contributed by atoms with E-state index >= 15 is 0 Å². The van der Waals surface area contributed by atoms with Gasteiger partial charge in [-0.05, 0) is 37.3 Å². The quantitative estimate of drug-likeness (QED) is 0.617. The molecule has 4 atom stereocenters. The van der Waals surface area contributed by atoms with E-state index in [9.17, 15) is 0 Å². The molecule has 2 fully saturated rings. The highest BCUT2D eigenvalue weighted by atomic mass is 15.2.